The highest BCUT2D eigenvalue weighted by Crippen LogP contribution is 2.18. The van der Waals surface area contributed by atoms with Gasteiger partial charge in [0.1, 0.15) is 0 Å². The monoisotopic (exact) mass is 1050 g/mol. The standard InChI is InChI=1S/C47H102N3.C10H25N3.C6H17N3.H2O/c1-9-12-15-18-21-24-27-30-33-36-41-48(4,5)43-39-46-50(8,45-38-35-32-29-26-23-20-17-14-11-3)47-40-44-49(6,7)42-37-34-31-28-25-22-19-16-13-10-2;1-12(2)9-5-7-11-8-6-10-13(3)4;7-3-1-5-9-6-2-4-8;/h9-47H2,1-8H3;11H,5-10H2,1-4H3;9H,1-8H2;1H2/q+3;;;. The molecule has 0 aliphatic carbocycles. The first-order valence-corrected chi connectivity index (χ1v) is 32.2. The summed E-state index contributed by atoms with van der Waals surface area (Å²) in [7, 11) is 21.1. The lowest BCUT2D eigenvalue weighted by molar-refractivity contribution is -0.928. The van der Waals surface area contributed by atoms with Crippen molar-refractivity contribution < 1.29 is 18.9 Å². The zero-order valence-electron chi connectivity index (χ0n) is 53.0. The predicted octanol–water partition coefficient (Wildman–Crippen LogP) is 13.1. The van der Waals surface area contributed by atoms with E-state index in [0.717, 1.165) is 52.1 Å². The molecule has 0 aromatic carbocycles. The first-order valence-electron chi connectivity index (χ1n) is 32.2. The van der Waals surface area contributed by atoms with Crippen LogP contribution in [0, 0.1) is 0 Å². The van der Waals surface area contributed by atoms with E-state index in [1.165, 1.54) is 291 Å². The van der Waals surface area contributed by atoms with E-state index in [9.17, 15) is 0 Å². The Labute approximate surface area is 462 Å². The minimum Gasteiger partial charge on any atom is -0.412 e. The topological polar surface area (TPSA) is 114 Å². The number of unbranched alkanes of at least 4 members (excludes halogenated alkanes) is 27. The van der Waals surface area contributed by atoms with Crippen LogP contribution in [0.4, 0.5) is 0 Å². The third-order valence-corrected chi connectivity index (χ3v) is 15.2. The van der Waals surface area contributed by atoms with Gasteiger partial charge in [0, 0.05) is 12.8 Å². The Morgan fingerprint density at radius 3 is 0.767 bits per heavy atom. The number of nitrogens with one attached hydrogen (secondary N) is 2. The molecule has 0 aromatic rings. The Balaban J connectivity index is -0.000000847. The highest BCUT2D eigenvalue weighted by molar-refractivity contribution is 4.55. The van der Waals surface area contributed by atoms with Gasteiger partial charge in [0.15, 0.2) is 0 Å². The zero-order chi connectivity index (χ0) is 54.1. The quantitative estimate of drug-likeness (QED) is 0.0356. The molecular formula is C63H146N9O+3. The molecule has 0 unspecified atom stereocenters. The van der Waals surface area contributed by atoms with Crippen LogP contribution in [0.1, 0.15) is 252 Å². The Morgan fingerprint density at radius 1 is 0.288 bits per heavy atom. The summed E-state index contributed by atoms with van der Waals surface area (Å²) in [5.41, 5.74) is 10.6. The van der Waals surface area contributed by atoms with Crippen molar-refractivity contribution in [1.29, 1.82) is 0 Å². The van der Waals surface area contributed by atoms with Crippen molar-refractivity contribution in [2.45, 2.75) is 252 Å². The largest absolute Gasteiger partial charge is 0.412 e. The van der Waals surface area contributed by atoms with Gasteiger partial charge in [-0.1, -0.05) is 175 Å². The summed E-state index contributed by atoms with van der Waals surface area (Å²) in [5.74, 6) is 0. The predicted molar refractivity (Wildman–Crippen MR) is 332 cm³/mol. The molecule has 0 spiro atoms. The molecule has 0 rings (SSSR count). The Kier molecular flexibility index (Phi) is 65.9. The number of nitrogens with two attached hydrogens (primary N) is 2. The molecule has 0 heterocycles. The minimum atomic E-state index is 0. The number of rotatable bonds is 55. The van der Waals surface area contributed by atoms with Crippen LogP contribution in [0.15, 0.2) is 0 Å². The normalized spacial score (nSPS) is 12.0. The lowest BCUT2D eigenvalue weighted by atomic mass is 10.1. The summed E-state index contributed by atoms with van der Waals surface area (Å²) >= 11 is 0. The van der Waals surface area contributed by atoms with Crippen LogP contribution in [0.2, 0.25) is 0 Å². The maximum atomic E-state index is 5.28. The Hall–Kier alpha value is -0.400. The molecule has 10 nitrogen and oxygen atoms in total. The van der Waals surface area contributed by atoms with Crippen molar-refractivity contribution in [3.8, 4) is 0 Å². The Morgan fingerprint density at radius 2 is 0.507 bits per heavy atom. The van der Waals surface area contributed by atoms with Gasteiger partial charge in [0.2, 0.25) is 0 Å². The van der Waals surface area contributed by atoms with Crippen molar-refractivity contribution in [2.24, 2.45) is 11.5 Å². The molecule has 73 heavy (non-hydrogen) atoms. The van der Waals surface area contributed by atoms with E-state index in [-0.39, 0.29) is 5.48 Å². The van der Waals surface area contributed by atoms with Crippen molar-refractivity contribution in [3.63, 3.8) is 0 Å². The SMILES string of the molecule is CCCCCCCCCCCC[N+](C)(C)CCC[N+](C)(CCCCCCCCCCCC)CCC[N+](C)(C)CCCCCCCCCCCC.CN(C)CCCNCCCN(C)C.NCCCNCCCN.O. The van der Waals surface area contributed by atoms with Crippen molar-refractivity contribution >= 4 is 0 Å². The van der Waals surface area contributed by atoms with Gasteiger partial charge in [-0.15, -0.1) is 0 Å². The van der Waals surface area contributed by atoms with Gasteiger partial charge in [-0.25, -0.2) is 0 Å². The zero-order valence-corrected chi connectivity index (χ0v) is 53.0. The van der Waals surface area contributed by atoms with Gasteiger partial charge in [0.25, 0.3) is 0 Å². The molecule has 10 heteroatoms. The van der Waals surface area contributed by atoms with Crippen LogP contribution in [0.25, 0.3) is 0 Å². The summed E-state index contributed by atoms with van der Waals surface area (Å²) in [5, 5.41) is 6.67. The third-order valence-electron chi connectivity index (χ3n) is 15.2. The average Bonchev–Trinajstić information content (AvgIpc) is 3.33. The third kappa shape index (κ3) is 69.6. The summed E-state index contributed by atoms with van der Waals surface area (Å²) < 4.78 is 3.75. The van der Waals surface area contributed by atoms with Crippen LogP contribution in [0.3, 0.4) is 0 Å². The first-order chi connectivity index (χ1) is 34.6. The highest BCUT2D eigenvalue weighted by Gasteiger charge is 2.25. The first kappa shape index (κ1) is 79.1. The molecule has 0 atom stereocenters. The maximum Gasteiger partial charge on any atom is 0.0839 e. The molecular weight excluding hydrogens is 899 g/mol. The number of hydrogen-bond acceptors (Lipinski definition) is 6. The van der Waals surface area contributed by atoms with Crippen molar-refractivity contribution in [2.75, 3.05) is 162 Å². The second-order valence-corrected chi connectivity index (χ2v) is 24.9. The van der Waals surface area contributed by atoms with Gasteiger partial charge < -0.3 is 50.8 Å². The van der Waals surface area contributed by atoms with Gasteiger partial charge >= 0.3 is 0 Å². The van der Waals surface area contributed by atoms with Gasteiger partial charge in [-0.2, -0.15) is 0 Å². The molecule has 0 fully saturated rings. The maximum absolute atomic E-state index is 5.28. The van der Waals surface area contributed by atoms with Crippen molar-refractivity contribution in [1.82, 2.24) is 20.4 Å². The van der Waals surface area contributed by atoms with Gasteiger partial charge in [-0.05, 0) is 145 Å². The Bertz CT molecular complexity index is 938. The number of quaternary nitrogens is 3. The fourth-order valence-corrected chi connectivity index (χ4v) is 10.1. The average molecular weight is 1050 g/mol. The second kappa shape index (κ2) is 60.8. The fraction of sp³-hybridized carbons (Fsp3) is 1.00. The van der Waals surface area contributed by atoms with Crippen LogP contribution >= 0.6 is 0 Å². The molecule has 0 aliphatic heterocycles. The van der Waals surface area contributed by atoms with E-state index in [1.54, 1.807) is 0 Å². The van der Waals surface area contributed by atoms with Crippen LogP contribution in [-0.2, 0) is 0 Å². The van der Waals surface area contributed by atoms with Crippen LogP contribution in [-0.4, -0.2) is 190 Å². The molecule has 0 amide bonds. The van der Waals surface area contributed by atoms with Crippen molar-refractivity contribution in [3.05, 3.63) is 0 Å². The van der Waals surface area contributed by atoms with Crippen LogP contribution in [0.5, 0.6) is 0 Å². The van der Waals surface area contributed by atoms with Gasteiger partial charge in [-0.3, -0.25) is 0 Å². The lowest BCUT2D eigenvalue weighted by Crippen LogP contribution is -2.50. The van der Waals surface area contributed by atoms with E-state index in [2.05, 4.69) is 105 Å². The molecule has 0 saturated heterocycles. The fourth-order valence-electron chi connectivity index (χ4n) is 10.1. The molecule has 8 N–H and O–H groups in total. The van der Waals surface area contributed by atoms with E-state index >= 15 is 0 Å². The van der Waals surface area contributed by atoms with E-state index in [1.807, 2.05) is 0 Å². The van der Waals surface area contributed by atoms with Crippen LogP contribution < -0.4 is 22.1 Å². The summed E-state index contributed by atoms with van der Waals surface area (Å²) in [6, 6.07) is 0. The summed E-state index contributed by atoms with van der Waals surface area (Å²) in [4.78, 5) is 4.45. The van der Waals surface area contributed by atoms with E-state index in [0.29, 0.717) is 0 Å². The summed E-state index contributed by atoms with van der Waals surface area (Å²) in [6.07, 6.45) is 50.7. The van der Waals surface area contributed by atoms with Gasteiger partial charge in [0.05, 0.1) is 81.1 Å². The van der Waals surface area contributed by atoms with E-state index in [4.69, 9.17) is 11.5 Å². The molecule has 0 radical (unpaired) electrons. The number of nitrogens with zero attached hydrogens (tertiary/aromatic N) is 5. The smallest absolute Gasteiger partial charge is 0.0839 e. The molecule has 446 valence electrons. The molecule has 0 bridgehead atoms. The minimum absolute atomic E-state index is 0. The van der Waals surface area contributed by atoms with E-state index < -0.39 is 0 Å². The highest BCUT2D eigenvalue weighted by atomic mass is 16.0. The molecule has 0 saturated carbocycles. The second-order valence-electron chi connectivity index (χ2n) is 24.9. The molecule has 0 aliphatic rings. The summed E-state index contributed by atoms with van der Waals surface area (Å²) in [6.45, 7) is 24.8. The molecule has 0 aromatic heterocycles. The lowest BCUT2D eigenvalue weighted by Gasteiger charge is -2.38. The number of hydrogen-bond donors (Lipinski definition) is 4.